The van der Waals surface area contributed by atoms with E-state index in [-0.39, 0.29) is 5.91 Å². The summed E-state index contributed by atoms with van der Waals surface area (Å²) in [5.41, 5.74) is 2.90. The first-order valence-electron chi connectivity index (χ1n) is 7.35. The Kier molecular flexibility index (Phi) is 3.31. The monoisotopic (exact) mass is 319 g/mol. The third kappa shape index (κ3) is 2.41. The molecule has 4 aromatic rings. The van der Waals surface area contributed by atoms with Crippen LogP contribution in [0.25, 0.3) is 16.7 Å². The number of hydrogen-bond acceptors (Lipinski definition) is 5. The lowest BCUT2D eigenvalue weighted by Gasteiger charge is -2.06. The Morgan fingerprint density at radius 1 is 1.17 bits per heavy atom. The summed E-state index contributed by atoms with van der Waals surface area (Å²) in [5, 5.41) is 14.8. The molecule has 2 aromatic heterocycles. The van der Waals surface area contributed by atoms with Crippen molar-refractivity contribution >= 4 is 22.6 Å². The standard InChI is InChI=1S/C17H13N5O2/c1-11-14-7-2-3-8-15(14)24-16(11)17(23)19-12-5-4-6-13(9-12)22-10-18-20-21-22/h2-10H,1H3,(H,19,23). The van der Waals surface area contributed by atoms with Crippen molar-refractivity contribution in [2.75, 3.05) is 5.32 Å². The molecule has 0 radical (unpaired) electrons. The minimum atomic E-state index is -0.294. The van der Waals surface area contributed by atoms with Crippen LogP contribution in [0.5, 0.6) is 0 Å². The summed E-state index contributed by atoms with van der Waals surface area (Å²) >= 11 is 0. The van der Waals surface area contributed by atoms with Crippen molar-refractivity contribution in [2.24, 2.45) is 0 Å². The number of hydrogen-bond donors (Lipinski definition) is 1. The maximum atomic E-state index is 12.6. The van der Waals surface area contributed by atoms with Crippen molar-refractivity contribution in [3.8, 4) is 5.69 Å². The highest BCUT2D eigenvalue weighted by atomic mass is 16.3. The van der Waals surface area contributed by atoms with Crippen LogP contribution in [0.2, 0.25) is 0 Å². The van der Waals surface area contributed by atoms with E-state index in [1.54, 1.807) is 12.1 Å². The third-order valence-electron chi connectivity index (χ3n) is 3.77. The van der Waals surface area contributed by atoms with Crippen LogP contribution < -0.4 is 5.32 Å². The fraction of sp³-hybridized carbons (Fsp3) is 0.0588. The number of carbonyl (C=O) groups is 1. The number of aryl methyl sites for hydroxylation is 1. The van der Waals surface area contributed by atoms with Crippen molar-refractivity contribution in [1.82, 2.24) is 20.2 Å². The molecule has 0 atom stereocenters. The van der Waals surface area contributed by atoms with E-state index in [0.717, 1.165) is 16.6 Å². The Morgan fingerprint density at radius 2 is 2.04 bits per heavy atom. The van der Waals surface area contributed by atoms with Gasteiger partial charge in [-0.3, -0.25) is 4.79 Å². The van der Waals surface area contributed by atoms with Gasteiger partial charge in [-0.15, -0.1) is 5.10 Å². The average molecular weight is 319 g/mol. The number of para-hydroxylation sites is 1. The molecule has 0 aliphatic rings. The van der Waals surface area contributed by atoms with Gasteiger partial charge in [0.25, 0.3) is 5.91 Å². The molecule has 1 N–H and O–H groups in total. The Bertz CT molecular complexity index is 1020. The fourth-order valence-corrected chi connectivity index (χ4v) is 2.58. The molecule has 4 rings (SSSR count). The van der Waals surface area contributed by atoms with E-state index in [4.69, 9.17) is 4.42 Å². The summed E-state index contributed by atoms with van der Waals surface area (Å²) in [7, 11) is 0. The second-order valence-electron chi connectivity index (χ2n) is 5.31. The lowest BCUT2D eigenvalue weighted by atomic mass is 10.1. The quantitative estimate of drug-likeness (QED) is 0.627. The Labute approximate surface area is 136 Å². The molecule has 7 heteroatoms. The topological polar surface area (TPSA) is 85.8 Å². The second kappa shape index (κ2) is 5.62. The summed E-state index contributed by atoms with van der Waals surface area (Å²) in [6.45, 7) is 1.87. The van der Waals surface area contributed by atoms with E-state index >= 15 is 0 Å². The number of amides is 1. The predicted molar refractivity (Wildman–Crippen MR) is 88.1 cm³/mol. The number of rotatable bonds is 3. The molecule has 0 spiro atoms. The molecule has 7 nitrogen and oxygen atoms in total. The number of nitrogens with one attached hydrogen (secondary N) is 1. The molecule has 24 heavy (non-hydrogen) atoms. The maximum absolute atomic E-state index is 12.6. The molecule has 0 saturated carbocycles. The van der Waals surface area contributed by atoms with E-state index in [0.29, 0.717) is 17.0 Å². The van der Waals surface area contributed by atoms with Crippen LogP contribution in [0.4, 0.5) is 5.69 Å². The van der Waals surface area contributed by atoms with Crippen molar-refractivity contribution in [2.45, 2.75) is 6.92 Å². The zero-order chi connectivity index (χ0) is 16.5. The second-order valence-corrected chi connectivity index (χ2v) is 5.31. The number of furan rings is 1. The number of carbonyl (C=O) groups excluding carboxylic acids is 1. The minimum Gasteiger partial charge on any atom is -0.451 e. The highest BCUT2D eigenvalue weighted by Gasteiger charge is 2.17. The summed E-state index contributed by atoms with van der Waals surface area (Å²) in [5.74, 6) is 0.0154. The van der Waals surface area contributed by atoms with E-state index in [1.165, 1.54) is 11.0 Å². The Balaban J connectivity index is 1.64. The van der Waals surface area contributed by atoms with Gasteiger partial charge in [0.15, 0.2) is 5.76 Å². The van der Waals surface area contributed by atoms with Crippen molar-refractivity contribution in [3.63, 3.8) is 0 Å². The number of fused-ring (bicyclic) bond motifs is 1. The first-order chi connectivity index (χ1) is 11.7. The van der Waals surface area contributed by atoms with Gasteiger partial charge in [0, 0.05) is 16.6 Å². The van der Waals surface area contributed by atoms with Crippen LogP contribution in [-0.2, 0) is 0 Å². The zero-order valence-corrected chi connectivity index (χ0v) is 12.8. The summed E-state index contributed by atoms with van der Waals surface area (Å²) < 4.78 is 7.20. The first-order valence-corrected chi connectivity index (χ1v) is 7.35. The highest BCUT2D eigenvalue weighted by molar-refractivity contribution is 6.06. The lowest BCUT2D eigenvalue weighted by Crippen LogP contribution is -2.12. The molecule has 2 aromatic carbocycles. The molecule has 0 bridgehead atoms. The van der Waals surface area contributed by atoms with Crippen LogP contribution in [0.15, 0.2) is 59.3 Å². The Morgan fingerprint density at radius 3 is 2.83 bits per heavy atom. The van der Waals surface area contributed by atoms with Crippen molar-refractivity contribution in [3.05, 3.63) is 66.2 Å². The van der Waals surface area contributed by atoms with Gasteiger partial charge < -0.3 is 9.73 Å². The fourth-order valence-electron chi connectivity index (χ4n) is 2.58. The van der Waals surface area contributed by atoms with Crippen LogP contribution in [0.3, 0.4) is 0 Å². The molecule has 2 heterocycles. The molecular formula is C17H13N5O2. The van der Waals surface area contributed by atoms with Crippen molar-refractivity contribution < 1.29 is 9.21 Å². The molecule has 1 amide bonds. The van der Waals surface area contributed by atoms with Gasteiger partial charge in [-0.1, -0.05) is 24.3 Å². The SMILES string of the molecule is Cc1c(C(=O)Nc2cccc(-n3cnnn3)c2)oc2ccccc12. The van der Waals surface area contributed by atoms with Crippen LogP contribution >= 0.6 is 0 Å². The molecule has 0 unspecified atom stereocenters. The minimum absolute atomic E-state index is 0.294. The van der Waals surface area contributed by atoms with Gasteiger partial charge in [0.1, 0.15) is 11.9 Å². The molecule has 0 aliphatic heterocycles. The van der Waals surface area contributed by atoms with Gasteiger partial charge in [-0.25, -0.2) is 4.68 Å². The summed E-state index contributed by atoms with van der Waals surface area (Å²) in [4.78, 5) is 12.6. The number of benzene rings is 2. The van der Waals surface area contributed by atoms with Gasteiger partial charge in [-0.2, -0.15) is 0 Å². The molecule has 118 valence electrons. The van der Waals surface area contributed by atoms with Crippen LogP contribution in [0.1, 0.15) is 16.1 Å². The van der Waals surface area contributed by atoms with Crippen molar-refractivity contribution in [1.29, 1.82) is 0 Å². The average Bonchev–Trinajstić information content (AvgIpc) is 3.24. The van der Waals surface area contributed by atoms with E-state index in [1.807, 2.05) is 43.3 Å². The van der Waals surface area contributed by atoms with Gasteiger partial charge in [0.2, 0.25) is 0 Å². The lowest BCUT2D eigenvalue weighted by molar-refractivity contribution is 0.0998. The summed E-state index contributed by atoms with van der Waals surface area (Å²) in [6, 6.07) is 14.8. The number of tetrazole rings is 1. The van der Waals surface area contributed by atoms with Gasteiger partial charge in [0.05, 0.1) is 5.69 Å². The number of nitrogens with zero attached hydrogens (tertiary/aromatic N) is 4. The third-order valence-corrected chi connectivity index (χ3v) is 3.77. The van der Waals surface area contributed by atoms with Crippen LogP contribution in [0, 0.1) is 6.92 Å². The van der Waals surface area contributed by atoms with Crippen LogP contribution in [-0.4, -0.2) is 26.1 Å². The smallest absolute Gasteiger partial charge is 0.291 e. The largest absolute Gasteiger partial charge is 0.451 e. The highest BCUT2D eigenvalue weighted by Crippen LogP contribution is 2.25. The molecule has 0 fully saturated rings. The molecule has 0 aliphatic carbocycles. The molecular weight excluding hydrogens is 306 g/mol. The zero-order valence-electron chi connectivity index (χ0n) is 12.8. The number of aromatic nitrogens is 4. The van der Waals surface area contributed by atoms with E-state index < -0.39 is 0 Å². The predicted octanol–water partition coefficient (Wildman–Crippen LogP) is 2.97. The Hall–Kier alpha value is -3.48. The van der Waals surface area contributed by atoms with Gasteiger partial charge >= 0.3 is 0 Å². The van der Waals surface area contributed by atoms with Gasteiger partial charge in [-0.05, 0) is 41.6 Å². The van der Waals surface area contributed by atoms with E-state index in [9.17, 15) is 4.79 Å². The maximum Gasteiger partial charge on any atom is 0.291 e. The van der Waals surface area contributed by atoms with E-state index in [2.05, 4.69) is 20.8 Å². The normalized spacial score (nSPS) is 10.9. The first kappa shape index (κ1) is 14.1. The number of anilines is 1. The molecule has 0 saturated heterocycles. The summed E-state index contributed by atoms with van der Waals surface area (Å²) in [6.07, 6.45) is 1.49.